The Kier molecular flexibility index (Phi) is 4.13. The van der Waals surface area contributed by atoms with Crippen LogP contribution in [0, 0.1) is 0 Å². The maximum Gasteiger partial charge on any atom is 0.218 e. The predicted octanol–water partition coefficient (Wildman–Crippen LogP) is 1.21. The third-order valence-electron chi connectivity index (χ3n) is 3.08. The molecule has 0 saturated carbocycles. The molecular formula is C13H20N2O3S. The van der Waals surface area contributed by atoms with Gasteiger partial charge in [-0.1, -0.05) is 12.1 Å². The first kappa shape index (κ1) is 14.3. The summed E-state index contributed by atoms with van der Waals surface area (Å²) in [4.78, 5) is 0. The highest BCUT2D eigenvalue weighted by atomic mass is 32.2. The third-order valence-corrected chi connectivity index (χ3v) is 4.86. The SMILES string of the molecule is CC1CN(S(=O)(=O)Cc2cccc(N)c2)CC(C)O1. The van der Waals surface area contributed by atoms with E-state index in [2.05, 4.69) is 0 Å². The topological polar surface area (TPSA) is 72.6 Å². The molecule has 2 N–H and O–H groups in total. The molecule has 1 heterocycles. The monoisotopic (exact) mass is 284 g/mol. The lowest BCUT2D eigenvalue weighted by Gasteiger charge is -2.34. The molecule has 0 radical (unpaired) electrons. The van der Waals surface area contributed by atoms with Crippen molar-refractivity contribution in [1.29, 1.82) is 0 Å². The summed E-state index contributed by atoms with van der Waals surface area (Å²) in [6.07, 6.45) is -0.140. The maximum absolute atomic E-state index is 12.4. The van der Waals surface area contributed by atoms with Gasteiger partial charge in [0.15, 0.2) is 0 Å². The third kappa shape index (κ3) is 3.68. The van der Waals surface area contributed by atoms with Crippen LogP contribution in [0.4, 0.5) is 5.69 Å². The van der Waals surface area contributed by atoms with Crippen molar-refractivity contribution in [2.75, 3.05) is 18.8 Å². The number of anilines is 1. The molecule has 2 atom stereocenters. The van der Waals surface area contributed by atoms with Gasteiger partial charge < -0.3 is 10.5 Å². The molecule has 1 aliphatic heterocycles. The summed E-state index contributed by atoms with van der Waals surface area (Å²) in [6, 6.07) is 6.99. The van der Waals surface area contributed by atoms with Crippen LogP contribution in [0.3, 0.4) is 0 Å². The first-order chi connectivity index (χ1) is 8.87. The number of nitrogens with zero attached hydrogens (tertiary/aromatic N) is 1. The lowest BCUT2D eigenvalue weighted by Crippen LogP contribution is -2.48. The second kappa shape index (κ2) is 5.48. The molecule has 2 rings (SSSR count). The number of nitrogen functional groups attached to an aromatic ring is 1. The number of hydrogen-bond acceptors (Lipinski definition) is 4. The number of sulfonamides is 1. The molecule has 19 heavy (non-hydrogen) atoms. The van der Waals surface area contributed by atoms with Crippen molar-refractivity contribution in [3.63, 3.8) is 0 Å². The van der Waals surface area contributed by atoms with Gasteiger partial charge in [0.1, 0.15) is 0 Å². The van der Waals surface area contributed by atoms with Gasteiger partial charge in [-0.15, -0.1) is 0 Å². The van der Waals surface area contributed by atoms with Crippen molar-refractivity contribution in [1.82, 2.24) is 4.31 Å². The molecule has 1 fully saturated rings. The molecule has 1 aromatic carbocycles. The Bertz CT molecular complexity index is 535. The summed E-state index contributed by atoms with van der Waals surface area (Å²) in [5.41, 5.74) is 6.97. The number of rotatable bonds is 3. The second-order valence-corrected chi connectivity index (χ2v) is 7.04. The van der Waals surface area contributed by atoms with Crippen molar-refractivity contribution >= 4 is 15.7 Å². The van der Waals surface area contributed by atoms with E-state index in [9.17, 15) is 8.42 Å². The van der Waals surface area contributed by atoms with E-state index in [1.807, 2.05) is 13.8 Å². The van der Waals surface area contributed by atoms with Crippen LogP contribution in [0.1, 0.15) is 19.4 Å². The van der Waals surface area contributed by atoms with E-state index < -0.39 is 10.0 Å². The quantitative estimate of drug-likeness (QED) is 0.847. The van der Waals surface area contributed by atoms with Gasteiger partial charge in [0.05, 0.1) is 18.0 Å². The van der Waals surface area contributed by atoms with Crippen LogP contribution < -0.4 is 5.73 Å². The van der Waals surface area contributed by atoms with Crippen LogP contribution in [-0.2, 0) is 20.5 Å². The van der Waals surface area contributed by atoms with E-state index in [0.717, 1.165) is 0 Å². The highest BCUT2D eigenvalue weighted by Gasteiger charge is 2.30. The van der Waals surface area contributed by atoms with Crippen LogP contribution in [0.5, 0.6) is 0 Å². The van der Waals surface area contributed by atoms with Crippen molar-refractivity contribution in [2.24, 2.45) is 0 Å². The predicted molar refractivity (Wildman–Crippen MR) is 75.1 cm³/mol. The molecule has 1 saturated heterocycles. The molecule has 0 bridgehead atoms. The lowest BCUT2D eigenvalue weighted by molar-refractivity contribution is -0.0441. The van der Waals surface area contributed by atoms with Gasteiger partial charge in [0, 0.05) is 18.8 Å². The maximum atomic E-state index is 12.4. The Labute approximate surface area is 114 Å². The fourth-order valence-electron chi connectivity index (χ4n) is 2.34. The summed E-state index contributed by atoms with van der Waals surface area (Å²) >= 11 is 0. The number of hydrogen-bond donors (Lipinski definition) is 1. The standard InChI is InChI=1S/C13H20N2O3S/c1-10-7-15(8-11(2)18-10)19(16,17)9-12-4-3-5-13(14)6-12/h3-6,10-11H,7-9,14H2,1-2H3. The molecular weight excluding hydrogens is 264 g/mol. The lowest BCUT2D eigenvalue weighted by atomic mass is 10.2. The highest BCUT2D eigenvalue weighted by molar-refractivity contribution is 7.88. The summed E-state index contributed by atoms with van der Waals surface area (Å²) in [6.45, 7) is 4.60. The zero-order valence-corrected chi connectivity index (χ0v) is 12.1. The van der Waals surface area contributed by atoms with Crippen LogP contribution in [-0.4, -0.2) is 38.0 Å². The van der Waals surface area contributed by atoms with Crippen molar-refractivity contribution in [3.05, 3.63) is 29.8 Å². The second-order valence-electron chi connectivity index (χ2n) is 5.08. The largest absolute Gasteiger partial charge is 0.399 e. The normalized spacial score (nSPS) is 25.4. The van der Waals surface area contributed by atoms with Gasteiger partial charge in [0.25, 0.3) is 0 Å². The first-order valence-corrected chi connectivity index (χ1v) is 7.95. The van der Waals surface area contributed by atoms with Crippen LogP contribution >= 0.6 is 0 Å². The van der Waals surface area contributed by atoms with E-state index in [-0.39, 0.29) is 18.0 Å². The Hall–Kier alpha value is -1.11. The molecule has 2 unspecified atom stereocenters. The fraction of sp³-hybridized carbons (Fsp3) is 0.538. The minimum absolute atomic E-state index is 0.0164. The zero-order valence-electron chi connectivity index (χ0n) is 11.2. The Morgan fingerprint density at radius 2 is 1.95 bits per heavy atom. The van der Waals surface area contributed by atoms with Crippen LogP contribution in [0.2, 0.25) is 0 Å². The average molecular weight is 284 g/mol. The number of morpholine rings is 1. The molecule has 0 aromatic heterocycles. The van der Waals surface area contributed by atoms with E-state index >= 15 is 0 Å². The molecule has 1 aliphatic rings. The van der Waals surface area contributed by atoms with E-state index in [1.165, 1.54) is 4.31 Å². The summed E-state index contributed by atoms with van der Waals surface area (Å²) in [5.74, 6) is -0.0164. The molecule has 106 valence electrons. The minimum atomic E-state index is -3.32. The first-order valence-electron chi connectivity index (χ1n) is 6.34. The van der Waals surface area contributed by atoms with Gasteiger partial charge >= 0.3 is 0 Å². The smallest absolute Gasteiger partial charge is 0.218 e. The molecule has 5 nitrogen and oxygen atoms in total. The summed E-state index contributed by atoms with van der Waals surface area (Å²) in [7, 11) is -3.32. The van der Waals surface area contributed by atoms with Gasteiger partial charge in [-0.25, -0.2) is 8.42 Å². The van der Waals surface area contributed by atoms with Crippen molar-refractivity contribution in [3.8, 4) is 0 Å². The molecule has 0 aliphatic carbocycles. The minimum Gasteiger partial charge on any atom is -0.399 e. The van der Waals surface area contributed by atoms with Gasteiger partial charge in [0.2, 0.25) is 10.0 Å². The van der Waals surface area contributed by atoms with Gasteiger partial charge in [-0.3, -0.25) is 0 Å². The van der Waals surface area contributed by atoms with Crippen molar-refractivity contribution in [2.45, 2.75) is 31.8 Å². The Morgan fingerprint density at radius 1 is 1.32 bits per heavy atom. The number of benzene rings is 1. The average Bonchev–Trinajstić information content (AvgIpc) is 2.26. The molecule has 0 spiro atoms. The Morgan fingerprint density at radius 3 is 2.53 bits per heavy atom. The van der Waals surface area contributed by atoms with E-state index in [1.54, 1.807) is 24.3 Å². The summed E-state index contributed by atoms with van der Waals surface area (Å²) < 4.78 is 31.8. The van der Waals surface area contributed by atoms with Gasteiger partial charge in [-0.2, -0.15) is 4.31 Å². The fourth-order valence-corrected chi connectivity index (χ4v) is 4.00. The highest BCUT2D eigenvalue weighted by Crippen LogP contribution is 2.18. The zero-order chi connectivity index (χ0) is 14.0. The van der Waals surface area contributed by atoms with Crippen LogP contribution in [0.25, 0.3) is 0 Å². The molecule has 0 amide bonds. The summed E-state index contributed by atoms with van der Waals surface area (Å²) in [5, 5.41) is 0. The van der Waals surface area contributed by atoms with E-state index in [0.29, 0.717) is 24.3 Å². The molecule has 6 heteroatoms. The van der Waals surface area contributed by atoms with E-state index in [4.69, 9.17) is 10.5 Å². The molecule has 1 aromatic rings. The number of ether oxygens (including phenoxy) is 1. The van der Waals surface area contributed by atoms with Gasteiger partial charge in [-0.05, 0) is 31.5 Å². The Balaban J connectivity index is 2.14. The van der Waals surface area contributed by atoms with Crippen molar-refractivity contribution < 1.29 is 13.2 Å². The van der Waals surface area contributed by atoms with Crippen LogP contribution in [0.15, 0.2) is 24.3 Å². The number of nitrogens with two attached hydrogens (primary N) is 1.